The monoisotopic (exact) mass is 232 g/mol. The number of aliphatic hydroxyl groups is 1. The molecule has 1 saturated carbocycles. The van der Waals surface area contributed by atoms with Crippen molar-refractivity contribution >= 4 is 0 Å². The smallest absolute Gasteiger partial charge is 0.0720 e. The van der Waals surface area contributed by atoms with Crippen LogP contribution in [0.2, 0.25) is 0 Å². The van der Waals surface area contributed by atoms with Crippen LogP contribution in [0.15, 0.2) is 43.0 Å². The Hall–Kier alpha value is -1.12. The summed E-state index contributed by atoms with van der Waals surface area (Å²) in [6.07, 6.45) is 5.12. The summed E-state index contributed by atoms with van der Waals surface area (Å²) in [7, 11) is 0. The second-order valence-corrected chi connectivity index (χ2v) is 4.88. The van der Waals surface area contributed by atoms with Gasteiger partial charge in [0.2, 0.25) is 0 Å². The zero-order chi connectivity index (χ0) is 12.1. The van der Waals surface area contributed by atoms with Gasteiger partial charge in [-0.3, -0.25) is 0 Å². The van der Waals surface area contributed by atoms with Crippen LogP contribution in [-0.2, 0) is 11.3 Å². The highest BCUT2D eigenvalue weighted by molar-refractivity contribution is 5.13. The molecule has 2 nitrogen and oxygen atoms in total. The summed E-state index contributed by atoms with van der Waals surface area (Å²) >= 11 is 0. The molecule has 1 unspecified atom stereocenters. The van der Waals surface area contributed by atoms with Crippen LogP contribution in [0.4, 0.5) is 0 Å². The summed E-state index contributed by atoms with van der Waals surface area (Å²) in [6, 6.07) is 10.2. The Bertz CT molecular complexity index is 360. The summed E-state index contributed by atoms with van der Waals surface area (Å²) < 4.78 is 5.84. The highest BCUT2D eigenvalue weighted by Crippen LogP contribution is 2.34. The summed E-state index contributed by atoms with van der Waals surface area (Å²) in [5.41, 5.74) is 0.606. The van der Waals surface area contributed by atoms with E-state index in [4.69, 9.17) is 4.74 Å². The number of hydrogen-bond donors (Lipinski definition) is 1. The Kier molecular flexibility index (Phi) is 3.97. The van der Waals surface area contributed by atoms with Crippen molar-refractivity contribution in [3.05, 3.63) is 48.6 Å². The largest absolute Gasteiger partial charge is 0.389 e. The number of benzene rings is 1. The molecule has 0 aromatic heterocycles. The zero-order valence-electron chi connectivity index (χ0n) is 10.1. The SMILES string of the molecule is C=CC[C@@]1(O)CCC(OCc2ccccc2)C1. The van der Waals surface area contributed by atoms with Crippen LogP contribution in [0.1, 0.15) is 31.2 Å². The van der Waals surface area contributed by atoms with Gasteiger partial charge in [-0.25, -0.2) is 0 Å². The van der Waals surface area contributed by atoms with Gasteiger partial charge >= 0.3 is 0 Å². The average Bonchev–Trinajstić information content (AvgIpc) is 2.70. The van der Waals surface area contributed by atoms with Gasteiger partial charge < -0.3 is 9.84 Å². The van der Waals surface area contributed by atoms with E-state index in [2.05, 4.69) is 18.7 Å². The van der Waals surface area contributed by atoms with Crippen LogP contribution in [0.25, 0.3) is 0 Å². The maximum Gasteiger partial charge on any atom is 0.0720 e. The maximum absolute atomic E-state index is 10.2. The first-order chi connectivity index (χ1) is 8.22. The van der Waals surface area contributed by atoms with Crippen LogP contribution in [0, 0.1) is 0 Å². The minimum atomic E-state index is -0.580. The highest BCUT2D eigenvalue weighted by Gasteiger charge is 2.36. The summed E-state index contributed by atoms with van der Waals surface area (Å²) in [4.78, 5) is 0. The molecule has 2 atom stereocenters. The molecule has 0 saturated heterocycles. The molecule has 17 heavy (non-hydrogen) atoms. The van der Waals surface area contributed by atoms with Gasteiger partial charge in [-0.15, -0.1) is 6.58 Å². The minimum Gasteiger partial charge on any atom is -0.389 e. The van der Waals surface area contributed by atoms with Gasteiger partial charge in [0.1, 0.15) is 0 Å². The van der Waals surface area contributed by atoms with E-state index in [9.17, 15) is 5.11 Å². The molecule has 1 aromatic carbocycles. The van der Waals surface area contributed by atoms with Crippen molar-refractivity contribution in [2.24, 2.45) is 0 Å². The molecule has 0 aliphatic heterocycles. The maximum atomic E-state index is 10.2. The normalized spacial score (nSPS) is 28.2. The molecule has 0 radical (unpaired) electrons. The van der Waals surface area contributed by atoms with Crippen LogP contribution in [0.3, 0.4) is 0 Å². The van der Waals surface area contributed by atoms with E-state index in [-0.39, 0.29) is 6.10 Å². The van der Waals surface area contributed by atoms with Gasteiger partial charge in [-0.05, 0) is 24.8 Å². The Morgan fingerprint density at radius 3 is 2.88 bits per heavy atom. The number of ether oxygens (including phenoxy) is 1. The summed E-state index contributed by atoms with van der Waals surface area (Å²) in [5, 5.41) is 10.2. The first-order valence-electron chi connectivity index (χ1n) is 6.21. The standard InChI is InChI=1S/C15H20O2/c1-2-9-15(16)10-8-14(11-15)17-12-13-6-4-3-5-7-13/h2-7,14,16H,1,8-12H2/t14?,15-/m1/s1. The van der Waals surface area contributed by atoms with E-state index < -0.39 is 5.60 Å². The van der Waals surface area contributed by atoms with Crippen LogP contribution in [-0.4, -0.2) is 16.8 Å². The molecule has 2 heteroatoms. The third-order valence-corrected chi connectivity index (χ3v) is 3.39. The third kappa shape index (κ3) is 3.42. The predicted molar refractivity (Wildman–Crippen MR) is 68.6 cm³/mol. The van der Waals surface area contributed by atoms with Gasteiger partial charge in [0.25, 0.3) is 0 Å². The zero-order valence-corrected chi connectivity index (χ0v) is 10.1. The first-order valence-corrected chi connectivity index (χ1v) is 6.21. The Labute approximate surface area is 103 Å². The molecule has 1 fully saturated rings. The quantitative estimate of drug-likeness (QED) is 0.791. The molecule has 1 aromatic rings. The summed E-state index contributed by atoms with van der Waals surface area (Å²) in [6.45, 7) is 4.32. The van der Waals surface area contributed by atoms with Crippen molar-refractivity contribution in [3.8, 4) is 0 Å². The molecule has 92 valence electrons. The molecule has 0 amide bonds. The average molecular weight is 232 g/mol. The van der Waals surface area contributed by atoms with Gasteiger partial charge in [0, 0.05) is 6.42 Å². The van der Waals surface area contributed by atoms with Gasteiger partial charge in [-0.2, -0.15) is 0 Å². The van der Waals surface area contributed by atoms with Crippen molar-refractivity contribution in [2.45, 2.75) is 44.0 Å². The first kappa shape index (κ1) is 12.3. The molecular formula is C15H20O2. The van der Waals surface area contributed by atoms with E-state index in [0.29, 0.717) is 13.0 Å². The summed E-state index contributed by atoms with van der Waals surface area (Å²) in [5.74, 6) is 0. The van der Waals surface area contributed by atoms with E-state index in [1.165, 1.54) is 5.56 Å². The number of hydrogen-bond acceptors (Lipinski definition) is 2. The molecule has 1 aliphatic carbocycles. The van der Waals surface area contributed by atoms with Crippen molar-refractivity contribution in [2.75, 3.05) is 0 Å². The van der Waals surface area contributed by atoms with Crippen LogP contribution in [0.5, 0.6) is 0 Å². The van der Waals surface area contributed by atoms with Gasteiger partial charge in [0.05, 0.1) is 18.3 Å². The van der Waals surface area contributed by atoms with E-state index >= 15 is 0 Å². The fourth-order valence-electron chi connectivity index (χ4n) is 2.44. The molecule has 2 rings (SSSR count). The second kappa shape index (κ2) is 5.48. The Morgan fingerprint density at radius 2 is 2.18 bits per heavy atom. The molecule has 0 spiro atoms. The Morgan fingerprint density at radius 1 is 1.41 bits per heavy atom. The van der Waals surface area contributed by atoms with E-state index in [0.717, 1.165) is 19.3 Å². The Balaban J connectivity index is 1.80. The van der Waals surface area contributed by atoms with E-state index in [1.54, 1.807) is 6.08 Å². The van der Waals surface area contributed by atoms with Crippen molar-refractivity contribution in [3.63, 3.8) is 0 Å². The van der Waals surface area contributed by atoms with Gasteiger partial charge in [0.15, 0.2) is 0 Å². The lowest BCUT2D eigenvalue weighted by Crippen LogP contribution is -2.25. The van der Waals surface area contributed by atoms with Crippen molar-refractivity contribution in [1.82, 2.24) is 0 Å². The number of rotatable bonds is 5. The van der Waals surface area contributed by atoms with Crippen molar-refractivity contribution in [1.29, 1.82) is 0 Å². The molecule has 0 heterocycles. The molecule has 0 bridgehead atoms. The molecule has 1 aliphatic rings. The lowest BCUT2D eigenvalue weighted by molar-refractivity contribution is 0.00339. The topological polar surface area (TPSA) is 29.5 Å². The lowest BCUT2D eigenvalue weighted by Gasteiger charge is -2.20. The van der Waals surface area contributed by atoms with Crippen LogP contribution >= 0.6 is 0 Å². The molecular weight excluding hydrogens is 212 g/mol. The van der Waals surface area contributed by atoms with Crippen molar-refractivity contribution < 1.29 is 9.84 Å². The predicted octanol–water partition coefficient (Wildman–Crippen LogP) is 3.06. The fourth-order valence-corrected chi connectivity index (χ4v) is 2.44. The fraction of sp³-hybridized carbons (Fsp3) is 0.467. The third-order valence-electron chi connectivity index (χ3n) is 3.39. The molecule has 1 N–H and O–H groups in total. The minimum absolute atomic E-state index is 0.181. The van der Waals surface area contributed by atoms with E-state index in [1.807, 2.05) is 18.2 Å². The van der Waals surface area contributed by atoms with Crippen LogP contribution < -0.4 is 0 Å². The second-order valence-electron chi connectivity index (χ2n) is 4.88. The highest BCUT2D eigenvalue weighted by atomic mass is 16.5. The lowest BCUT2D eigenvalue weighted by atomic mass is 9.98. The van der Waals surface area contributed by atoms with Gasteiger partial charge in [-0.1, -0.05) is 36.4 Å².